The van der Waals surface area contributed by atoms with Gasteiger partial charge in [0.1, 0.15) is 0 Å². The molecule has 1 N–H and O–H groups in total. The van der Waals surface area contributed by atoms with Crippen molar-refractivity contribution in [2.45, 2.75) is 0 Å². The van der Waals surface area contributed by atoms with Crippen LogP contribution in [-0.2, 0) is 0 Å². The highest BCUT2D eigenvalue weighted by Gasteiger charge is 1.90. The number of hydrogen-bond acceptors (Lipinski definition) is 3. The van der Waals surface area contributed by atoms with Crippen LogP contribution >= 0.6 is 11.3 Å². The summed E-state index contributed by atoms with van der Waals surface area (Å²) in [6.07, 6.45) is 0. The second kappa shape index (κ2) is 2.64. The Labute approximate surface area is 57.2 Å². The first-order chi connectivity index (χ1) is 4.34. The van der Waals surface area contributed by atoms with Crippen molar-refractivity contribution in [1.82, 2.24) is 0 Å². The minimum absolute atomic E-state index is 0.0833. The molecular weight excluding hydrogens is 134 g/mol. The normalized spacial score (nSPS) is 9.00. The van der Waals surface area contributed by atoms with Gasteiger partial charge in [-0.3, -0.25) is 4.79 Å². The molecule has 1 aromatic heterocycles. The summed E-state index contributed by atoms with van der Waals surface area (Å²) in [6.45, 7) is 0. The molecule has 0 aliphatic carbocycles. The molecule has 1 aromatic rings. The Hall–Kier alpha value is -0.830. The maximum Gasteiger partial charge on any atom is 0.255 e. The monoisotopic (exact) mass is 141 g/mol. The van der Waals surface area contributed by atoms with Crippen molar-refractivity contribution < 1.29 is 0 Å². The predicted octanol–water partition coefficient (Wildman–Crippen LogP) is 1.15. The summed E-state index contributed by atoms with van der Waals surface area (Å²) in [7, 11) is 1.74. The lowest BCUT2D eigenvalue weighted by Gasteiger charge is -1.92. The largest absolute Gasteiger partial charge is 0.384 e. The Kier molecular flexibility index (Phi) is 1.85. The second-order valence-corrected chi connectivity index (χ2v) is 2.44. The summed E-state index contributed by atoms with van der Waals surface area (Å²) in [5.74, 6) is 0. The molecule has 0 spiro atoms. The molecule has 0 saturated heterocycles. The molecule has 0 aliphatic heterocycles. The zero-order valence-corrected chi connectivity index (χ0v) is 5.87. The van der Waals surface area contributed by atoms with Gasteiger partial charge in [0.15, 0.2) is 0 Å². The van der Waals surface area contributed by atoms with Crippen molar-refractivity contribution in [2.75, 3.05) is 12.4 Å². The van der Waals surface area contributed by atoms with Gasteiger partial charge in [-0.05, 0) is 17.5 Å². The lowest BCUT2D eigenvalue weighted by molar-refractivity contribution is 1.51. The van der Waals surface area contributed by atoms with Crippen molar-refractivity contribution in [3.63, 3.8) is 0 Å². The highest BCUT2D eigenvalue weighted by atomic mass is 32.1. The molecule has 0 atom stereocenters. The van der Waals surface area contributed by atoms with Gasteiger partial charge in [-0.25, -0.2) is 0 Å². The molecule has 0 radical (unpaired) electrons. The number of nitrogens with one attached hydrogen (secondary N) is 1. The molecule has 1 heterocycles. The molecule has 0 aliphatic rings. The maximum absolute atomic E-state index is 10.8. The van der Waals surface area contributed by atoms with E-state index in [1.165, 1.54) is 11.3 Å². The zero-order chi connectivity index (χ0) is 6.69. The van der Waals surface area contributed by atoms with E-state index in [0.29, 0.717) is 5.69 Å². The van der Waals surface area contributed by atoms with Crippen LogP contribution in [0.25, 0.3) is 0 Å². The Balaban J connectivity index is 3.16. The van der Waals surface area contributed by atoms with Gasteiger partial charge in [-0.15, -0.1) is 11.3 Å². The first-order valence-corrected chi connectivity index (χ1v) is 3.48. The minimum atomic E-state index is 0.0833. The third kappa shape index (κ3) is 1.29. The summed E-state index contributed by atoms with van der Waals surface area (Å²) in [6, 6.07) is 3.61. The molecule has 0 unspecified atom stereocenters. The smallest absolute Gasteiger partial charge is 0.255 e. The second-order valence-electron chi connectivity index (χ2n) is 1.56. The van der Waals surface area contributed by atoms with Crippen molar-refractivity contribution in [3.05, 3.63) is 27.0 Å². The topological polar surface area (TPSA) is 29.1 Å². The summed E-state index contributed by atoms with van der Waals surface area (Å²) in [5, 5.41) is 4.56. The van der Waals surface area contributed by atoms with Crippen LogP contribution in [0, 0.1) is 0 Å². The van der Waals surface area contributed by atoms with Crippen LogP contribution < -0.4 is 10.1 Å². The molecule has 0 aromatic carbocycles. The standard InChI is InChI=1S/C6H7NOS/c1-7-5-3-2-4-9-6(5)8/h2-4,7H,1H3. The first kappa shape index (κ1) is 6.29. The van der Waals surface area contributed by atoms with Crippen molar-refractivity contribution >= 4 is 17.0 Å². The van der Waals surface area contributed by atoms with Crippen LogP contribution in [-0.4, -0.2) is 7.05 Å². The minimum Gasteiger partial charge on any atom is -0.384 e. The van der Waals surface area contributed by atoms with E-state index in [4.69, 9.17) is 0 Å². The van der Waals surface area contributed by atoms with Gasteiger partial charge < -0.3 is 5.32 Å². The molecule has 9 heavy (non-hydrogen) atoms. The van der Waals surface area contributed by atoms with E-state index < -0.39 is 0 Å². The zero-order valence-electron chi connectivity index (χ0n) is 5.05. The Morgan fingerprint density at radius 2 is 2.44 bits per heavy atom. The van der Waals surface area contributed by atoms with Gasteiger partial charge in [0.2, 0.25) is 0 Å². The van der Waals surface area contributed by atoms with Crippen molar-refractivity contribution in [2.24, 2.45) is 0 Å². The van der Waals surface area contributed by atoms with Crippen LogP contribution in [0.4, 0.5) is 5.69 Å². The number of hydrogen-bond donors (Lipinski definition) is 1. The average Bonchev–Trinajstić information content (AvgIpc) is 1.89. The van der Waals surface area contributed by atoms with Gasteiger partial charge in [0, 0.05) is 7.05 Å². The fourth-order valence-corrected chi connectivity index (χ4v) is 1.13. The quantitative estimate of drug-likeness (QED) is 0.635. The molecule has 0 amide bonds. The van der Waals surface area contributed by atoms with Crippen LogP contribution in [0.1, 0.15) is 0 Å². The molecule has 3 heteroatoms. The molecule has 0 bridgehead atoms. The van der Waals surface area contributed by atoms with E-state index in [0.717, 1.165) is 0 Å². The molecule has 1 rings (SSSR count). The number of anilines is 1. The van der Waals surface area contributed by atoms with E-state index in [1.807, 2.05) is 6.07 Å². The first-order valence-electron chi connectivity index (χ1n) is 2.60. The van der Waals surface area contributed by atoms with Crippen LogP contribution in [0.3, 0.4) is 0 Å². The third-order valence-corrected chi connectivity index (χ3v) is 1.73. The van der Waals surface area contributed by atoms with Gasteiger partial charge in [0.25, 0.3) is 4.74 Å². The molecule has 48 valence electrons. The lowest BCUT2D eigenvalue weighted by atomic mass is 10.5. The predicted molar refractivity (Wildman–Crippen MR) is 40.1 cm³/mol. The molecular formula is C6H7NOS. The highest BCUT2D eigenvalue weighted by molar-refractivity contribution is 7.07. The van der Waals surface area contributed by atoms with E-state index >= 15 is 0 Å². The van der Waals surface area contributed by atoms with Crippen LogP contribution in [0.5, 0.6) is 0 Å². The Morgan fingerprint density at radius 3 is 2.89 bits per heavy atom. The summed E-state index contributed by atoms with van der Waals surface area (Å²) in [5.41, 5.74) is 0.669. The van der Waals surface area contributed by atoms with Gasteiger partial charge in [-0.2, -0.15) is 0 Å². The molecule has 0 fully saturated rings. The highest BCUT2D eigenvalue weighted by Crippen LogP contribution is 1.98. The van der Waals surface area contributed by atoms with Crippen LogP contribution in [0.2, 0.25) is 0 Å². The SMILES string of the molecule is CNc1cccsc1=O. The molecule has 0 saturated carbocycles. The summed E-state index contributed by atoms with van der Waals surface area (Å²) in [4.78, 5) is 10.8. The molecule has 2 nitrogen and oxygen atoms in total. The van der Waals surface area contributed by atoms with E-state index in [-0.39, 0.29) is 4.74 Å². The van der Waals surface area contributed by atoms with Crippen LogP contribution in [0.15, 0.2) is 22.3 Å². The Morgan fingerprint density at radius 1 is 1.67 bits per heavy atom. The lowest BCUT2D eigenvalue weighted by Crippen LogP contribution is -2.01. The van der Waals surface area contributed by atoms with Gasteiger partial charge in [0.05, 0.1) is 5.69 Å². The average molecular weight is 141 g/mol. The maximum atomic E-state index is 10.8. The number of rotatable bonds is 1. The fraction of sp³-hybridized carbons (Fsp3) is 0.167. The van der Waals surface area contributed by atoms with Gasteiger partial charge >= 0.3 is 0 Å². The van der Waals surface area contributed by atoms with E-state index in [2.05, 4.69) is 5.32 Å². The van der Waals surface area contributed by atoms with Crippen molar-refractivity contribution in [3.8, 4) is 0 Å². The Bertz CT molecular complexity index is 243. The van der Waals surface area contributed by atoms with Gasteiger partial charge in [-0.1, -0.05) is 0 Å². The fourth-order valence-electron chi connectivity index (χ4n) is 0.554. The van der Waals surface area contributed by atoms with Crippen molar-refractivity contribution in [1.29, 1.82) is 0 Å². The summed E-state index contributed by atoms with van der Waals surface area (Å²) < 4.78 is 0.0833. The summed E-state index contributed by atoms with van der Waals surface area (Å²) >= 11 is 1.20. The van der Waals surface area contributed by atoms with E-state index in [1.54, 1.807) is 18.5 Å². The third-order valence-electron chi connectivity index (χ3n) is 1.01. The van der Waals surface area contributed by atoms with E-state index in [9.17, 15) is 4.79 Å².